The maximum atomic E-state index is 12.5. The van der Waals surface area contributed by atoms with E-state index in [-0.39, 0.29) is 28.5 Å². The number of alkyl halides is 2. The number of hydrogen-bond acceptors (Lipinski definition) is 6. The molecular formula is C20H23F2N5O2. The topological polar surface area (TPSA) is 99.9 Å². The van der Waals surface area contributed by atoms with Gasteiger partial charge in [0.05, 0.1) is 0 Å². The summed E-state index contributed by atoms with van der Waals surface area (Å²) in [6, 6.07) is 8.08. The number of nitrogens with one attached hydrogen (secondary N) is 2. The normalized spacial score (nSPS) is 11.1. The van der Waals surface area contributed by atoms with Gasteiger partial charge in [0.15, 0.2) is 0 Å². The van der Waals surface area contributed by atoms with Gasteiger partial charge in [0.2, 0.25) is 5.82 Å². The van der Waals surface area contributed by atoms with E-state index in [2.05, 4.69) is 25.3 Å². The summed E-state index contributed by atoms with van der Waals surface area (Å²) in [4.78, 5) is 20.5. The second-order valence-corrected chi connectivity index (χ2v) is 7.51. The summed E-state index contributed by atoms with van der Waals surface area (Å²) < 4.78 is 28.6. The Morgan fingerprint density at radius 2 is 1.97 bits per heavy atom. The molecule has 0 fully saturated rings. The zero-order chi connectivity index (χ0) is 21.4. The summed E-state index contributed by atoms with van der Waals surface area (Å²) in [5, 5.41) is 14.9. The van der Waals surface area contributed by atoms with Crippen LogP contribution in [0.15, 0.2) is 30.5 Å². The second kappa shape index (κ2) is 9.78. The number of rotatable bonds is 8. The van der Waals surface area contributed by atoms with Crippen LogP contribution in [0.4, 0.5) is 14.6 Å². The Morgan fingerprint density at radius 3 is 2.55 bits per heavy atom. The fraction of sp³-hybridized carbons (Fsp3) is 0.400. The Kier molecular flexibility index (Phi) is 7.42. The predicted octanol–water partition coefficient (Wildman–Crippen LogP) is 3.38. The molecule has 1 aromatic carbocycles. The fourth-order valence-electron chi connectivity index (χ4n) is 2.34. The van der Waals surface area contributed by atoms with E-state index >= 15 is 0 Å². The van der Waals surface area contributed by atoms with E-state index in [4.69, 9.17) is 5.26 Å². The van der Waals surface area contributed by atoms with Crippen LogP contribution in [0.5, 0.6) is 5.75 Å². The van der Waals surface area contributed by atoms with E-state index in [1.54, 1.807) is 12.1 Å². The van der Waals surface area contributed by atoms with Crippen molar-refractivity contribution in [2.75, 3.05) is 18.4 Å². The molecule has 7 nitrogen and oxygen atoms in total. The van der Waals surface area contributed by atoms with E-state index < -0.39 is 6.61 Å². The first-order chi connectivity index (χ1) is 13.7. The van der Waals surface area contributed by atoms with Crippen LogP contribution < -0.4 is 15.4 Å². The number of halogens is 2. The minimum atomic E-state index is -2.86. The van der Waals surface area contributed by atoms with Gasteiger partial charge in [-0.1, -0.05) is 32.9 Å². The Labute approximate surface area is 168 Å². The predicted molar refractivity (Wildman–Crippen MR) is 104 cm³/mol. The molecule has 1 amide bonds. The fourth-order valence-corrected chi connectivity index (χ4v) is 2.34. The average Bonchev–Trinajstić information content (AvgIpc) is 2.66. The highest BCUT2D eigenvalue weighted by Crippen LogP contribution is 2.18. The third-order valence-corrected chi connectivity index (χ3v) is 3.77. The number of aromatic nitrogens is 2. The minimum Gasteiger partial charge on any atom is -0.435 e. The molecule has 0 atom stereocenters. The number of carbonyl (C=O) groups is 1. The molecule has 154 valence electrons. The monoisotopic (exact) mass is 403 g/mol. The number of nitriles is 1. The summed E-state index contributed by atoms with van der Waals surface area (Å²) >= 11 is 0. The lowest BCUT2D eigenvalue weighted by atomic mass is 9.97. The van der Waals surface area contributed by atoms with Crippen LogP contribution in [0.2, 0.25) is 0 Å². The number of nitrogens with zero attached hydrogens (tertiary/aromatic N) is 3. The Morgan fingerprint density at radius 1 is 1.28 bits per heavy atom. The Bertz CT molecular complexity index is 874. The molecule has 0 spiro atoms. The molecule has 2 aromatic rings. The largest absolute Gasteiger partial charge is 0.435 e. The molecule has 0 unspecified atom stereocenters. The van der Waals surface area contributed by atoms with E-state index in [1.165, 1.54) is 18.3 Å². The summed E-state index contributed by atoms with van der Waals surface area (Å²) in [5.74, 6) is -0.0119. The summed E-state index contributed by atoms with van der Waals surface area (Å²) in [7, 11) is 0. The lowest BCUT2D eigenvalue weighted by Gasteiger charge is -2.20. The van der Waals surface area contributed by atoms with E-state index in [0.717, 1.165) is 5.56 Å². The second-order valence-electron chi connectivity index (χ2n) is 7.51. The van der Waals surface area contributed by atoms with Crippen molar-refractivity contribution in [1.29, 1.82) is 5.26 Å². The van der Waals surface area contributed by atoms with Gasteiger partial charge in [-0.3, -0.25) is 4.79 Å². The van der Waals surface area contributed by atoms with Gasteiger partial charge in [0.25, 0.3) is 5.91 Å². The zero-order valence-corrected chi connectivity index (χ0v) is 16.5. The van der Waals surface area contributed by atoms with Crippen molar-refractivity contribution >= 4 is 11.7 Å². The van der Waals surface area contributed by atoms with Crippen molar-refractivity contribution in [3.63, 3.8) is 0 Å². The maximum Gasteiger partial charge on any atom is 0.387 e. The summed E-state index contributed by atoms with van der Waals surface area (Å²) in [6.07, 6.45) is 1.82. The first-order valence-electron chi connectivity index (χ1n) is 9.01. The van der Waals surface area contributed by atoms with Crippen molar-refractivity contribution in [3.8, 4) is 11.8 Å². The molecule has 1 heterocycles. The van der Waals surface area contributed by atoms with Crippen LogP contribution >= 0.6 is 0 Å². The molecule has 0 saturated heterocycles. The van der Waals surface area contributed by atoms with Crippen LogP contribution in [0.3, 0.4) is 0 Å². The zero-order valence-electron chi connectivity index (χ0n) is 16.5. The lowest BCUT2D eigenvalue weighted by Crippen LogP contribution is -2.28. The number of benzene rings is 1. The molecule has 29 heavy (non-hydrogen) atoms. The molecule has 0 radical (unpaired) electrons. The van der Waals surface area contributed by atoms with E-state index in [9.17, 15) is 13.6 Å². The standard InChI is InChI=1S/C20H23F2N5O2/c1-20(2,3)12-26-17-15(11-25-16(10-23)27-17)18(28)24-9-8-13-4-6-14(7-5-13)29-19(21)22/h4-7,11,19H,8-9,12H2,1-3H3,(H,24,28)(H,25,26,27). The molecule has 0 saturated carbocycles. The molecule has 9 heteroatoms. The van der Waals surface area contributed by atoms with Gasteiger partial charge in [0, 0.05) is 19.3 Å². The highest BCUT2D eigenvalue weighted by molar-refractivity contribution is 5.98. The molecule has 0 aliphatic carbocycles. The van der Waals surface area contributed by atoms with Gasteiger partial charge in [0.1, 0.15) is 23.2 Å². The van der Waals surface area contributed by atoms with Crippen LogP contribution in [-0.2, 0) is 6.42 Å². The van der Waals surface area contributed by atoms with Crippen LogP contribution in [0.25, 0.3) is 0 Å². The van der Waals surface area contributed by atoms with Gasteiger partial charge in [-0.05, 0) is 29.5 Å². The van der Waals surface area contributed by atoms with Crippen molar-refractivity contribution in [2.24, 2.45) is 5.41 Å². The minimum absolute atomic E-state index is 0.0240. The number of hydrogen-bond donors (Lipinski definition) is 2. The Hall–Kier alpha value is -3.28. The van der Waals surface area contributed by atoms with Crippen LogP contribution in [0.1, 0.15) is 42.5 Å². The first kappa shape index (κ1) is 22.0. The number of carbonyl (C=O) groups excluding carboxylic acids is 1. The third kappa shape index (κ3) is 7.33. The molecule has 0 bridgehead atoms. The molecule has 2 rings (SSSR count). The van der Waals surface area contributed by atoms with Gasteiger partial charge >= 0.3 is 6.61 Å². The van der Waals surface area contributed by atoms with Crippen molar-refractivity contribution in [3.05, 3.63) is 47.4 Å². The number of ether oxygens (including phenoxy) is 1. The average molecular weight is 403 g/mol. The van der Waals surface area contributed by atoms with Gasteiger partial charge in [-0.25, -0.2) is 9.97 Å². The SMILES string of the molecule is CC(C)(C)CNc1nc(C#N)ncc1C(=O)NCCc1ccc(OC(F)F)cc1. The molecule has 1 aromatic heterocycles. The smallest absolute Gasteiger partial charge is 0.387 e. The van der Waals surface area contributed by atoms with Gasteiger partial charge in [-0.15, -0.1) is 0 Å². The number of amides is 1. The molecule has 0 aliphatic heterocycles. The molecule has 0 aliphatic rings. The van der Waals surface area contributed by atoms with Crippen molar-refractivity contribution in [1.82, 2.24) is 15.3 Å². The van der Waals surface area contributed by atoms with E-state index in [1.807, 2.05) is 26.8 Å². The maximum absolute atomic E-state index is 12.5. The quantitative estimate of drug-likeness (QED) is 0.701. The van der Waals surface area contributed by atoms with Gasteiger partial charge in [-0.2, -0.15) is 14.0 Å². The van der Waals surface area contributed by atoms with Crippen molar-refractivity contribution < 1.29 is 18.3 Å². The highest BCUT2D eigenvalue weighted by Gasteiger charge is 2.17. The molecule has 2 N–H and O–H groups in total. The third-order valence-electron chi connectivity index (χ3n) is 3.77. The van der Waals surface area contributed by atoms with E-state index in [0.29, 0.717) is 25.3 Å². The lowest BCUT2D eigenvalue weighted by molar-refractivity contribution is -0.0498. The summed E-state index contributed by atoms with van der Waals surface area (Å²) in [6.45, 7) is 4.11. The van der Waals surface area contributed by atoms with Crippen molar-refractivity contribution in [2.45, 2.75) is 33.8 Å². The van der Waals surface area contributed by atoms with Crippen LogP contribution in [-0.4, -0.2) is 35.6 Å². The van der Waals surface area contributed by atoms with Gasteiger partial charge < -0.3 is 15.4 Å². The molecular weight excluding hydrogens is 380 g/mol. The summed E-state index contributed by atoms with van der Waals surface area (Å²) in [5.41, 5.74) is 1.05. The highest BCUT2D eigenvalue weighted by atomic mass is 19.3. The first-order valence-corrected chi connectivity index (χ1v) is 9.01. The number of anilines is 1. The van der Waals surface area contributed by atoms with Crippen LogP contribution in [0, 0.1) is 16.7 Å². The Balaban J connectivity index is 1.98.